The van der Waals surface area contributed by atoms with Crippen LogP contribution >= 0.6 is 11.8 Å². The van der Waals surface area contributed by atoms with Crippen molar-refractivity contribution in [1.29, 1.82) is 0 Å². The van der Waals surface area contributed by atoms with Gasteiger partial charge in [0.15, 0.2) is 12.4 Å². The average molecular weight is 416 g/mol. The van der Waals surface area contributed by atoms with Crippen LogP contribution in [0.15, 0.2) is 47.1 Å². The Morgan fingerprint density at radius 2 is 1.93 bits per heavy atom. The number of esters is 1. The lowest BCUT2D eigenvalue weighted by Gasteiger charge is -2.25. The van der Waals surface area contributed by atoms with Gasteiger partial charge in [-0.3, -0.25) is 14.4 Å². The molecular weight excluding hydrogens is 396 g/mol. The number of amides is 2. The minimum atomic E-state index is -0.815. The van der Waals surface area contributed by atoms with Crippen LogP contribution in [-0.4, -0.2) is 46.9 Å². The molecule has 2 atom stereocenters. The molecular formula is C20H20N2O6S. The van der Waals surface area contributed by atoms with Gasteiger partial charge in [0.1, 0.15) is 17.2 Å². The first kappa shape index (κ1) is 20.7. The lowest BCUT2D eigenvalue weighted by molar-refractivity contribution is -0.155. The molecule has 0 aliphatic carbocycles. The molecule has 9 heteroatoms. The number of para-hydroxylation sites is 1. The first-order valence-corrected chi connectivity index (χ1v) is 9.93. The number of rotatable bonds is 6. The maximum Gasteiger partial charge on any atom is 0.330 e. The van der Waals surface area contributed by atoms with Gasteiger partial charge in [0.2, 0.25) is 5.91 Å². The van der Waals surface area contributed by atoms with Crippen molar-refractivity contribution in [3.63, 3.8) is 0 Å². The Labute approximate surface area is 171 Å². The van der Waals surface area contributed by atoms with Crippen LogP contribution < -0.4 is 5.32 Å². The van der Waals surface area contributed by atoms with Gasteiger partial charge in [-0.15, -0.1) is 11.8 Å². The standard InChI is InChI=1S/C20H20N2O6S/c1-12(23)14-6-3-4-7-15(14)21-18(25)10-28-20(26)16-11-29-19(22(16)13(2)24)17-8-5-9-27-17/h3-9,16,19H,10-11H2,1-2H3,(H,21,25)/t16-,19-/m0/s1. The van der Waals surface area contributed by atoms with Crippen molar-refractivity contribution in [1.82, 2.24) is 4.90 Å². The quantitative estimate of drug-likeness (QED) is 0.570. The molecule has 0 unspecified atom stereocenters. The molecule has 2 aromatic rings. The number of thioether (sulfide) groups is 1. The Morgan fingerprint density at radius 3 is 2.59 bits per heavy atom. The van der Waals surface area contributed by atoms with E-state index in [1.165, 1.54) is 36.8 Å². The fourth-order valence-corrected chi connectivity index (χ4v) is 4.46. The lowest BCUT2D eigenvalue weighted by atomic mass is 10.1. The van der Waals surface area contributed by atoms with Crippen LogP contribution in [0.25, 0.3) is 0 Å². The van der Waals surface area contributed by atoms with E-state index in [2.05, 4.69) is 5.32 Å². The van der Waals surface area contributed by atoms with Crippen molar-refractivity contribution in [2.45, 2.75) is 25.3 Å². The minimum Gasteiger partial charge on any atom is -0.466 e. The molecule has 1 aromatic carbocycles. The number of carbonyl (C=O) groups is 4. The fraction of sp³-hybridized carbons (Fsp3) is 0.300. The number of ether oxygens (including phenoxy) is 1. The van der Waals surface area contributed by atoms with Gasteiger partial charge in [0.25, 0.3) is 5.91 Å². The number of hydrogen-bond acceptors (Lipinski definition) is 7. The molecule has 3 rings (SSSR count). The van der Waals surface area contributed by atoms with Crippen LogP contribution in [-0.2, 0) is 19.1 Å². The number of anilines is 1. The summed E-state index contributed by atoms with van der Waals surface area (Å²) in [7, 11) is 0. The molecule has 29 heavy (non-hydrogen) atoms. The molecule has 2 heterocycles. The summed E-state index contributed by atoms with van der Waals surface area (Å²) < 4.78 is 10.5. The maximum absolute atomic E-state index is 12.5. The van der Waals surface area contributed by atoms with E-state index >= 15 is 0 Å². The third-order valence-electron chi connectivity index (χ3n) is 4.35. The monoisotopic (exact) mass is 416 g/mol. The molecule has 1 aliphatic heterocycles. The van der Waals surface area contributed by atoms with Crippen molar-refractivity contribution in [2.24, 2.45) is 0 Å². The van der Waals surface area contributed by atoms with Crippen molar-refractivity contribution in [3.05, 3.63) is 54.0 Å². The summed E-state index contributed by atoms with van der Waals surface area (Å²) in [6.45, 7) is 2.24. The predicted molar refractivity (Wildman–Crippen MR) is 106 cm³/mol. The highest BCUT2D eigenvalue weighted by Gasteiger charge is 2.43. The molecule has 1 saturated heterocycles. The number of nitrogens with zero attached hydrogens (tertiary/aromatic N) is 1. The predicted octanol–water partition coefficient (Wildman–Crippen LogP) is 2.63. The number of benzene rings is 1. The molecule has 2 amide bonds. The summed E-state index contributed by atoms with van der Waals surface area (Å²) in [5, 5.41) is 2.15. The molecule has 0 radical (unpaired) electrons. The Balaban J connectivity index is 1.61. The van der Waals surface area contributed by atoms with Crippen LogP contribution in [0.2, 0.25) is 0 Å². The van der Waals surface area contributed by atoms with E-state index in [1.807, 2.05) is 0 Å². The van der Waals surface area contributed by atoms with Gasteiger partial charge in [-0.1, -0.05) is 12.1 Å². The van der Waals surface area contributed by atoms with Crippen molar-refractivity contribution < 1.29 is 28.3 Å². The lowest BCUT2D eigenvalue weighted by Crippen LogP contribution is -2.43. The van der Waals surface area contributed by atoms with Gasteiger partial charge in [-0.25, -0.2) is 4.79 Å². The van der Waals surface area contributed by atoms with E-state index in [4.69, 9.17) is 9.15 Å². The minimum absolute atomic E-state index is 0.193. The Bertz CT molecular complexity index is 927. The van der Waals surface area contributed by atoms with E-state index in [0.29, 0.717) is 22.8 Å². The number of Topliss-reactive ketones (excluding diaryl/α,β-unsaturated/α-hetero) is 1. The van der Waals surface area contributed by atoms with E-state index in [9.17, 15) is 19.2 Å². The van der Waals surface area contributed by atoms with E-state index in [1.54, 1.807) is 36.4 Å². The van der Waals surface area contributed by atoms with Gasteiger partial charge in [-0.2, -0.15) is 0 Å². The van der Waals surface area contributed by atoms with Gasteiger partial charge in [0.05, 0.1) is 12.0 Å². The summed E-state index contributed by atoms with van der Waals surface area (Å²) in [5.74, 6) is -0.830. The second kappa shape index (κ2) is 8.95. The molecule has 1 aromatic heterocycles. The zero-order chi connectivity index (χ0) is 21.0. The number of ketones is 1. The molecule has 1 fully saturated rings. The molecule has 152 valence electrons. The van der Waals surface area contributed by atoms with E-state index < -0.39 is 29.9 Å². The molecule has 8 nitrogen and oxygen atoms in total. The van der Waals surface area contributed by atoms with E-state index in [-0.39, 0.29) is 11.7 Å². The van der Waals surface area contributed by atoms with Crippen LogP contribution in [0.1, 0.15) is 35.3 Å². The van der Waals surface area contributed by atoms with Gasteiger partial charge >= 0.3 is 5.97 Å². The fourth-order valence-electron chi connectivity index (χ4n) is 3.04. The van der Waals surface area contributed by atoms with Gasteiger partial charge < -0.3 is 19.4 Å². The maximum atomic E-state index is 12.5. The van der Waals surface area contributed by atoms with Crippen molar-refractivity contribution in [2.75, 3.05) is 17.7 Å². The average Bonchev–Trinajstić information content (AvgIpc) is 3.35. The molecule has 0 bridgehead atoms. The smallest absolute Gasteiger partial charge is 0.330 e. The number of carbonyl (C=O) groups excluding carboxylic acids is 4. The molecule has 0 saturated carbocycles. The summed E-state index contributed by atoms with van der Waals surface area (Å²) >= 11 is 1.39. The highest BCUT2D eigenvalue weighted by molar-refractivity contribution is 7.99. The molecule has 1 aliphatic rings. The molecule has 1 N–H and O–H groups in total. The van der Waals surface area contributed by atoms with Crippen molar-refractivity contribution in [3.8, 4) is 0 Å². The molecule has 0 spiro atoms. The van der Waals surface area contributed by atoms with Gasteiger partial charge in [0, 0.05) is 18.2 Å². The Hall–Kier alpha value is -3.07. The van der Waals surface area contributed by atoms with E-state index in [0.717, 1.165) is 0 Å². The number of furan rings is 1. The third-order valence-corrected chi connectivity index (χ3v) is 5.63. The van der Waals surface area contributed by atoms with Crippen LogP contribution in [0.5, 0.6) is 0 Å². The van der Waals surface area contributed by atoms with Crippen molar-refractivity contribution >= 4 is 41.0 Å². The normalized spacial score (nSPS) is 18.3. The topological polar surface area (TPSA) is 106 Å². The Morgan fingerprint density at radius 1 is 1.17 bits per heavy atom. The summed E-state index contributed by atoms with van der Waals surface area (Å²) in [6, 6.07) is 9.20. The largest absolute Gasteiger partial charge is 0.466 e. The Kier molecular flexibility index (Phi) is 6.38. The zero-order valence-corrected chi connectivity index (χ0v) is 16.7. The summed E-state index contributed by atoms with van der Waals surface area (Å²) in [6.07, 6.45) is 1.50. The highest BCUT2D eigenvalue weighted by Crippen LogP contribution is 2.41. The van der Waals surface area contributed by atoms with Crippen LogP contribution in [0.3, 0.4) is 0 Å². The van der Waals surface area contributed by atoms with Crippen LogP contribution in [0, 0.1) is 0 Å². The highest BCUT2D eigenvalue weighted by atomic mass is 32.2. The second-order valence-corrected chi connectivity index (χ2v) is 7.51. The van der Waals surface area contributed by atoms with Gasteiger partial charge in [-0.05, 0) is 31.2 Å². The zero-order valence-electron chi connectivity index (χ0n) is 15.9. The van der Waals surface area contributed by atoms with Crippen LogP contribution in [0.4, 0.5) is 5.69 Å². The summed E-state index contributed by atoms with van der Waals surface area (Å²) in [5.41, 5.74) is 0.712. The number of nitrogens with one attached hydrogen (secondary N) is 1. The summed E-state index contributed by atoms with van der Waals surface area (Å²) in [4.78, 5) is 49.8. The third kappa shape index (κ3) is 4.68. The SMILES string of the molecule is CC(=O)c1ccccc1NC(=O)COC(=O)[C@@H]1CS[C@@H](c2ccco2)N1C(C)=O. The second-order valence-electron chi connectivity index (χ2n) is 6.40. The first-order chi connectivity index (χ1) is 13.9. The first-order valence-electron chi connectivity index (χ1n) is 8.89. The number of hydrogen-bond donors (Lipinski definition) is 1.